The first-order valence-corrected chi connectivity index (χ1v) is 7.18. The lowest BCUT2D eigenvalue weighted by Crippen LogP contribution is -2.30. The van der Waals surface area contributed by atoms with Crippen LogP contribution in [0.15, 0.2) is 22.7 Å². The Morgan fingerprint density at radius 2 is 2.05 bits per heavy atom. The summed E-state index contributed by atoms with van der Waals surface area (Å²) in [6.45, 7) is 7.24. The summed E-state index contributed by atoms with van der Waals surface area (Å²) >= 11 is 3.48. The highest BCUT2D eigenvalue weighted by Crippen LogP contribution is 2.22. The van der Waals surface area contributed by atoms with Crippen LogP contribution in [0, 0.1) is 12.3 Å². The Bertz CT molecular complexity index is 457. The van der Waals surface area contributed by atoms with E-state index < -0.39 is 11.4 Å². The van der Waals surface area contributed by atoms with Gasteiger partial charge in [-0.15, -0.1) is 0 Å². The Balaban J connectivity index is 2.58. The lowest BCUT2D eigenvalue weighted by molar-refractivity contribution is -0.147. The molecule has 3 nitrogen and oxygen atoms in total. The molecule has 0 fully saturated rings. The molecule has 0 aromatic heterocycles. The summed E-state index contributed by atoms with van der Waals surface area (Å²) in [4.78, 5) is 13.2. The van der Waals surface area contributed by atoms with Crippen LogP contribution in [0.2, 0.25) is 0 Å². The Hall–Kier alpha value is -0.870. The van der Waals surface area contributed by atoms with Crippen LogP contribution in [0.3, 0.4) is 0 Å². The van der Waals surface area contributed by atoms with Crippen molar-refractivity contribution in [3.8, 4) is 0 Å². The van der Waals surface area contributed by atoms with E-state index in [9.17, 15) is 4.79 Å². The summed E-state index contributed by atoms with van der Waals surface area (Å²) in [6, 6.07) is 6.25. The fraction of sp³-hybridized carbons (Fsp3) is 0.533. The molecule has 4 heteroatoms. The average molecular weight is 328 g/mol. The van der Waals surface area contributed by atoms with E-state index in [1.54, 1.807) is 13.8 Å². The fourth-order valence-electron chi connectivity index (χ4n) is 1.76. The van der Waals surface area contributed by atoms with E-state index in [-0.39, 0.29) is 0 Å². The summed E-state index contributed by atoms with van der Waals surface area (Å²) in [6.07, 6.45) is 0.645. The number of aliphatic carboxylic acids is 1. The smallest absolute Gasteiger partial charge is 0.309 e. The van der Waals surface area contributed by atoms with Crippen molar-refractivity contribution in [2.45, 2.75) is 33.7 Å². The highest BCUT2D eigenvalue weighted by molar-refractivity contribution is 9.10. The maximum Gasteiger partial charge on any atom is 0.309 e. The normalized spacial score (nSPS) is 11.9. The Labute approximate surface area is 123 Å². The molecular weight excluding hydrogens is 306 g/mol. The maximum atomic E-state index is 11.1. The van der Waals surface area contributed by atoms with E-state index >= 15 is 0 Å². The van der Waals surface area contributed by atoms with Crippen molar-refractivity contribution in [2.24, 2.45) is 5.41 Å². The number of hydrogen-bond donors (Lipinski definition) is 1. The van der Waals surface area contributed by atoms with Crippen LogP contribution in [-0.4, -0.2) is 29.6 Å². The van der Waals surface area contributed by atoms with Crippen LogP contribution in [0.1, 0.15) is 31.4 Å². The summed E-state index contributed by atoms with van der Waals surface area (Å²) in [5.41, 5.74) is 1.86. The fourth-order valence-corrected chi connectivity index (χ4v) is 2.17. The van der Waals surface area contributed by atoms with Crippen molar-refractivity contribution >= 4 is 21.9 Å². The number of carboxylic acids is 1. The Morgan fingerprint density at radius 1 is 1.42 bits per heavy atom. The summed E-state index contributed by atoms with van der Waals surface area (Å²) in [5, 5.41) is 9.10. The zero-order chi connectivity index (χ0) is 14.6. The second-order valence-corrected chi connectivity index (χ2v) is 6.66. The molecule has 1 aromatic carbocycles. The van der Waals surface area contributed by atoms with Crippen molar-refractivity contribution < 1.29 is 9.90 Å². The van der Waals surface area contributed by atoms with Crippen molar-refractivity contribution in [1.82, 2.24) is 4.90 Å². The van der Waals surface area contributed by atoms with Gasteiger partial charge in [0, 0.05) is 11.0 Å². The van der Waals surface area contributed by atoms with Gasteiger partial charge in [-0.3, -0.25) is 4.79 Å². The first-order chi connectivity index (χ1) is 8.72. The number of benzene rings is 1. The van der Waals surface area contributed by atoms with Gasteiger partial charge >= 0.3 is 5.97 Å². The van der Waals surface area contributed by atoms with Crippen LogP contribution in [0.25, 0.3) is 0 Å². The van der Waals surface area contributed by atoms with Gasteiger partial charge in [0.15, 0.2) is 0 Å². The average Bonchev–Trinajstić information content (AvgIpc) is 2.31. The number of hydrogen-bond acceptors (Lipinski definition) is 2. The molecule has 19 heavy (non-hydrogen) atoms. The first kappa shape index (κ1) is 16.2. The molecule has 1 aromatic rings. The quantitative estimate of drug-likeness (QED) is 0.866. The first-order valence-electron chi connectivity index (χ1n) is 6.39. The predicted molar refractivity (Wildman–Crippen MR) is 81.2 cm³/mol. The number of rotatable bonds is 6. The summed E-state index contributed by atoms with van der Waals surface area (Å²) in [7, 11) is 2.03. The molecule has 0 atom stereocenters. The molecule has 1 N–H and O–H groups in total. The van der Waals surface area contributed by atoms with Crippen molar-refractivity contribution in [2.75, 3.05) is 13.6 Å². The topological polar surface area (TPSA) is 40.5 Å². The molecule has 1 rings (SSSR count). The van der Waals surface area contributed by atoms with Crippen molar-refractivity contribution in [1.29, 1.82) is 0 Å². The third kappa shape index (κ3) is 4.96. The third-order valence-corrected chi connectivity index (χ3v) is 3.94. The lowest BCUT2D eigenvalue weighted by Gasteiger charge is -2.24. The minimum atomic E-state index is -0.737. The monoisotopic (exact) mass is 327 g/mol. The minimum absolute atomic E-state index is 0.645. The van der Waals surface area contributed by atoms with Gasteiger partial charge in [0.05, 0.1) is 5.41 Å². The van der Waals surface area contributed by atoms with Gasteiger partial charge < -0.3 is 10.0 Å². The molecule has 0 spiro atoms. The summed E-state index contributed by atoms with van der Waals surface area (Å²) < 4.78 is 1.08. The third-order valence-electron chi connectivity index (χ3n) is 3.45. The number of nitrogens with zero attached hydrogens (tertiary/aromatic N) is 1. The van der Waals surface area contributed by atoms with Crippen LogP contribution in [-0.2, 0) is 11.3 Å². The van der Waals surface area contributed by atoms with Gasteiger partial charge in [0.1, 0.15) is 0 Å². The number of carbonyl (C=O) groups is 1. The molecule has 0 bridgehead atoms. The molecule has 0 saturated carbocycles. The van der Waals surface area contributed by atoms with Gasteiger partial charge in [0.25, 0.3) is 0 Å². The van der Waals surface area contributed by atoms with E-state index in [4.69, 9.17) is 5.11 Å². The second kappa shape index (κ2) is 6.53. The zero-order valence-corrected chi connectivity index (χ0v) is 13.6. The Kier molecular flexibility index (Phi) is 5.56. The minimum Gasteiger partial charge on any atom is -0.481 e. The van der Waals surface area contributed by atoms with Gasteiger partial charge in [-0.25, -0.2) is 0 Å². The zero-order valence-electron chi connectivity index (χ0n) is 12.0. The highest BCUT2D eigenvalue weighted by atomic mass is 79.9. The summed E-state index contributed by atoms with van der Waals surface area (Å²) in [5.74, 6) is -0.737. The SMILES string of the molecule is Cc1ccc(Br)cc1CN(C)CCC(C)(C)C(=O)O. The largest absolute Gasteiger partial charge is 0.481 e. The standard InChI is InChI=1S/C15H22BrNO2/c1-11-5-6-13(16)9-12(11)10-17(4)8-7-15(2,3)14(18)19/h5-6,9H,7-8,10H2,1-4H3,(H,18,19). The molecule has 0 unspecified atom stereocenters. The molecule has 0 aliphatic rings. The molecular formula is C15H22BrNO2. The second-order valence-electron chi connectivity index (χ2n) is 5.75. The molecule has 0 aliphatic carbocycles. The van der Waals surface area contributed by atoms with Crippen LogP contribution in [0.5, 0.6) is 0 Å². The van der Waals surface area contributed by atoms with Crippen LogP contribution >= 0.6 is 15.9 Å². The van der Waals surface area contributed by atoms with E-state index in [0.29, 0.717) is 6.42 Å². The van der Waals surface area contributed by atoms with E-state index in [2.05, 4.69) is 39.9 Å². The van der Waals surface area contributed by atoms with Crippen LogP contribution in [0.4, 0.5) is 0 Å². The molecule has 0 radical (unpaired) electrons. The predicted octanol–water partition coefficient (Wildman–Crippen LogP) is 3.69. The van der Waals surface area contributed by atoms with E-state index in [1.807, 2.05) is 13.1 Å². The van der Waals surface area contributed by atoms with Gasteiger partial charge in [0.2, 0.25) is 0 Å². The molecule has 0 aliphatic heterocycles. The maximum absolute atomic E-state index is 11.1. The van der Waals surface area contributed by atoms with Gasteiger partial charge in [-0.05, 0) is 64.0 Å². The number of carboxylic acid groups (broad SMARTS) is 1. The molecule has 0 amide bonds. The lowest BCUT2D eigenvalue weighted by atomic mass is 9.89. The Morgan fingerprint density at radius 3 is 2.63 bits per heavy atom. The van der Waals surface area contributed by atoms with Crippen molar-refractivity contribution in [3.05, 3.63) is 33.8 Å². The number of aryl methyl sites for hydroxylation is 1. The molecule has 106 valence electrons. The van der Waals surface area contributed by atoms with Crippen molar-refractivity contribution in [3.63, 3.8) is 0 Å². The van der Waals surface area contributed by atoms with Gasteiger partial charge in [-0.2, -0.15) is 0 Å². The van der Waals surface area contributed by atoms with E-state index in [1.165, 1.54) is 11.1 Å². The molecule has 0 saturated heterocycles. The highest BCUT2D eigenvalue weighted by Gasteiger charge is 2.26. The number of halogens is 1. The van der Waals surface area contributed by atoms with Gasteiger partial charge in [-0.1, -0.05) is 22.0 Å². The molecule has 0 heterocycles. The van der Waals surface area contributed by atoms with Crippen LogP contribution < -0.4 is 0 Å². The van der Waals surface area contributed by atoms with E-state index in [0.717, 1.165) is 17.6 Å².